The van der Waals surface area contributed by atoms with Crippen LogP contribution in [-0.4, -0.2) is 27.9 Å². The summed E-state index contributed by atoms with van der Waals surface area (Å²) < 4.78 is 0. The maximum absolute atomic E-state index is 11.7. The van der Waals surface area contributed by atoms with Crippen molar-refractivity contribution in [1.82, 2.24) is 20.7 Å². The van der Waals surface area contributed by atoms with Crippen molar-refractivity contribution < 1.29 is 4.79 Å². The third-order valence-corrected chi connectivity index (χ3v) is 2.44. The van der Waals surface area contributed by atoms with E-state index in [0.717, 1.165) is 18.8 Å². The molecule has 6 heteroatoms. The van der Waals surface area contributed by atoms with Crippen molar-refractivity contribution in [2.24, 2.45) is 0 Å². The highest BCUT2D eigenvalue weighted by Gasteiger charge is 2.08. The van der Waals surface area contributed by atoms with Crippen LogP contribution < -0.4 is 10.6 Å². The van der Waals surface area contributed by atoms with Gasteiger partial charge in [-0.3, -0.25) is 4.79 Å². The minimum Gasteiger partial charge on any atom is -0.321 e. The van der Waals surface area contributed by atoms with Crippen LogP contribution in [0, 0.1) is 0 Å². The molecule has 0 saturated heterocycles. The molecular formula is C12H15N5O. The molecule has 1 aromatic heterocycles. The van der Waals surface area contributed by atoms with Crippen molar-refractivity contribution in [2.75, 3.05) is 11.9 Å². The summed E-state index contributed by atoms with van der Waals surface area (Å²) >= 11 is 0. The van der Waals surface area contributed by atoms with Gasteiger partial charge in [-0.1, -0.05) is 19.1 Å². The lowest BCUT2D eigenvalue weighted by molar-refractivity contribution is 0.102. The van der Waals surface area contributed by atoms with E-state index < -0.39 is 0 Å². The first-order valence-electron chi connectivity index (χ1n) is 5.76. The number of nitrogens with one attached hydrogen (secondary N) is 3. The predicted molar refractivity (Wildman–Crippen MR) is 68.2 cm³/mol. The molecule has 2 aromatic rings. The molecule has 0 aliphatic heterocycles. The highest BCUT2D eigenvalue weighted by Crippen LogP contribution is 2.10. The molecule has 2 rings (SSSR count). The van der Waals surface area contributed by atoms with Crippen LogP contribution >= 0.6 is 0 Å². The summed E-state index contributed by atoms with van der Waals surface area (Å²) in [5.41, 5.74) is 2.19. The Morgan fingerprint density at radius 1 is 1.33 bits per heavy atom. The van der Waals surface area contributed by atoms with Crippen LogP contribution in [0.25, 0.3) is 0 Å². The van der Waals surface area contributed by atoms with Gasteiger partial charge in [0.25, 0.3) is 5.91 Å². The molecule has 0 aliphatic carbocycles. The molecule has 0 bridgehead atoms. The molecule has 6 nitrogen and oxygen atoms in total. The number of H-pyrrole nitrogens is 1. The Morgan fingerprint density at radius 3 is 2.72 bits per heavy atom. The average Bonchev–Trinajstić information content (AvgIpc) is 2.92. The topological polar surface area (TPSA) is 82.7 Å². The Labute approximate surface area is 105 Å². The van der Waals surface area contributed by atoms with E-state index >= 15 is 0 Å². The van der Waals surface area contributed by atoms with Crippen LogP contribution in [0.1, 0.15) is 23.0 Å². The fourth-order valence-electron chi connectivity index (χ4n) is 1.48. The van der Waals surface area contributed by atoms with E-state index in [-0.39, 0.29) is 11.6 Å². The van der Waals surface area contributed by atoms with Crippen molar-refractivity contribution >= 4 is 11.6 Å². The van der Waals surface area contributed by atoms with E-state index in [9.17, 15) is 4.79 Å². The molecule has 3 N–H and O–H groups in total. The van der Waals surface area contributed by atoms with Crippen LogP contribution in [0.2, 0.25) is 0 Å². The number of aromatic nitrogens is 3. The lowest BCUT2D eigenvalue weighted by Crippen LogP contribution is -2.13. The molecule has 0 aliphatic rings. The van der Waals surface area contributed by atoms with Crippen LogP contribution in [0.15, 0.2) is 30.5 Å². The van der Waals surface area contributed by atoms with Crippen molar-refractivity contribution in [3.05, 3.63) is 41.7 Å². The number of nitrogens with zero attached hydrogens (tertiary/aromatic N) is 2. The zero-order valence-electron chi connectivity index (χ0n) is 10.1. The van der Waals surface area contributed by atoms with E-state index in [0.29, 0.717) is 0 Å². The number of carbonyl (C=O) groups excluding carboxylic acids is 1. The fraction of sp³-hybridized carbons (Fsp3) is 0.250. The zero-order chi connectivity index (χ0) is 12.8. The molecule has 1 amide bonds. The first-order valence-corrected chi connectivity index (χ1v) is 5.76. The second-order valence-electron chi connectivity index (χ2n) is 3.79. The van der Waals surface area contributed by atoms with Gasteiger partial charge in [0.15, 0.2) is 5.69 Å². The molecule has 1 heterocycles. The summed E-state index contributed by atoms with van der Waals surface area (Å²) in [6.07, 6.45) is 1.38. The van der Waals surface area contributed by atoms with Gasteiger partial charge in [0.2, 0.25) is 0 Å². The summed E-state index contributed by atoms with van der Waals surface area (Å²) in [7, 11) is 0. The number of hydrogen-bond acceptors (Lipinski definition) is 4. The Bertz CT molecular complexity index is 492. The monoisotopic (exact) mass is 245 g/mol. The number of amides is 1. The van der Waals surface area contributed by atoms with Crippen LogP contribution in [-0.2, 0) is 6.54 Å². The van der Waals surface area contributed by atoms with Gasteiger partial charge < -0.3 is 10.6 Å². The van der Waals surface area contributed by atoms with E-state index in [4.69, 9.17) is 0 Å². The van der Waals surface area contributed by atoms with E-state index in [2.05, 4.69) is 33.0 Å². The standard InChI is InChI=1S/C12H15N5O/c1-2-13-7-9-3-5-10(6-4-9)15-12(18)11-8-14-17-16-11/h3-6,8,13H,2,7H2,1H3,(H,15,18)(H,14,16,17). The molecule has 18 heavy (non-hydrogen) atoms. The third-order valence-electron chi connectivity index (χ3n) is 2.44. The minimum absolute atomic E-state index is 0.270. The number of benzene rings is 1. The largest absolute Gasteiger partial charge is 0.321 e. The van der Waals surface area contributed by atoms with Gasteiger partial charge in [0, 0.05) is 12.2 Å². The maximum atomic E-state index is 11.7. The van der Waals surface area contributed by atoms with Gasteiger partial charge in [0.1, 0.15) is 0 Å². The van der Waals surface area contributed by atoms with Gasteiger partial charge in [-0.25, -0.2) is 0 Å². The van der Waals surface area contributed by atoms with Crippen molar-refractivity contribution in [3.8, 4) is 0 Å². The van der Waals surface area contributed by atoms with Crippen molar-refractivity contribution in [1.29, 1.82) is 0 Å². The average molecular weight is 245 g/mol. The summed E-state index contributed by atoms with van der Waals surface area (Å²) in [6.45, 7) is 3.82. The number of hydrogen-bond donors (Lipinski definition) is 3. The first-order chi connectivity index (χ1) is 8.79. The smallest absolute Gasteiger partial charge is 0.277 e. The quantitative estimate of drug-likeness (QED) is 0.738. The Hall–Kier alpha value is -2.21. The molecule has 94 valence electrons. The molecule has 0 atom stereocenters. The SMILES string of the molecule is CCNCc1ccc(NC(=O)c2cn[nH]n2)cc1. The van der Waals surface area contributed by atoms with Crippen molar-refractivity contribution in [3.63, 3.8) is 0 Å². The molecule has 0 unspecified atom stereocenters. The summed E-state index contributed by atoms with van der Waals surface area (Å²) in [4.78, 5) is 11.7. The summed E-state index contributed by atoms with van der Waals surface area (Å²) in [5.74, 6) is -0.275. The Kier molecular flexibility index (Phi) is 4.03. The fourth-order valence-corrected chi connectivity index (χ4v) is 1.48. The lowest BCUT2D eigenvalue weighted by atomic mass is 10.2. The summed E-state index contributed by atoms with van der Waals surface area (Å²) in [6, 6.07) is 7.68. The highest BCUT2D eigenvalue weighted by molar-refractivity contribution is 6.02. The normalized spacial score (nSPS) is 10.3. The second kappa shape index (κ2) is 5.92. The maximum Gasteiger partial charge on any atom is 0.277 e. The Balaban J connectivity index is 1.96. The lowest BCUT2D eigenvalue weighted by Gasteiger charge is -2.05. The van der Waals surface area contributed by atoms with Crippen LogP contribution in [0.5, 0.6) is 0 Å². The van der Waals surface area contributed by atoms with Gasteiger partial charge in [-0.05, 0) is 24.2 Å². The number of anilines is 1. The number of rotatable bonds is 5. The molecule has 1 aromatic carbocycles. The molecule has 0 saturated carbocycles. The number of aromatic amines is 1. The first kappa shape index (κ1) is 12.3. The van der Waals surface area contributed by atoms with E-state index in [1.54, 1.807) is 0 Å². The van der Waals surface area contributed by atoms with Crippen molar-refractivity contribution in [2.45, 2.75) is 13.5 Å². The van der Waals surface area contributed by atoms with Gasteiger partial charge in [0.05, 0.1) is 6.20 Å². The highest BCUT2D eigenvalue weighted by atomic mass is 16.2. The third kappa shape index (κ3) is 3.14. The summed E-state index contributed by atoms with van der Waals surface area (Å²) in [5, 5.41) is 15.7. The Morgan fingerprint density at radius 2 is 2.11 bits per heavy atom. The van der Waals surface area contributed by atoms with E-state index in [1.165, 1.54) is 11.8 Å². The second-order valence-corrected chi connectivity index (χ2v) is 3.79. The molecule has 0 radical (unpaired) electrons. The molecule has 0 spiro atoms. The van der Waals surface area contributed by atoms with Crippen LogP contribution in [0.3, 0.4) is 0 Å². The molecule has 0 fully saturated rings. The molecular weight excluding hydrogens is 230 g/mol. The van der Waals surface area contributed by atoms with Gasteiger partial charge in [-0.2, -0.15) is 15.4 Å². The predicted octanol–water partition coefficient (Wildman–Crippen LogP) is 1.17. The minimum atomic E-state index is -0.275. The number of carbonyl (C=O) groups is 1. The van der Waals surface area contributed by atoms with Crippen LogP contribution in [0.4, 0.5) is 5.69 Å². The van der Waals surface area contributed by atoms with E-state index in [1.807, 2.05) is 24.3 Å². The van der Waals surface area contributed by atoms with Gasteiger partial charge in [-0.15, -0.1) is 0 Å². The zero-order valence-corrected chi connectivity index (χ0v) is 10.1. The van der Waals surface area contributed by atoms with Gasteiger partial charge >= 0.3 is 0 Å².